The van der Waals surface area contributed by atoms with Crippen LogP contribution >= 0.6 is 0 Å². The Morgan fingerprint density at radius 2 is 0.887 bits per heavy atom. The van der Waals surface area contributed by atoms with Crippen molar-refractivity contribution in [2.75, 3.05) is 0 Å². The third-order valence-electron chi connectivity index (χ3n) is 10.8. The van der Waals surface area contributed by atoms with Crippen molar-refractivity contribution in [3.8, 4) is 67.5 Å². The SMILES string of the molecule is CC1(C)CC(C)(C)c2cc(-c3cccc(-c4cccc(-c5nc(-c6ccccc6)nc(-c6ccc(-c7cccc8cccnc78)cc6)n5)c4)c3)ccc21. The highest BCUT2D eigenvalue weighted by Gasteiger charge is 2.41. The van der Waals surface area contributed by atoms with Crippen molar-refractivity contribution >= 4 is 10.9 Å². The molecule has 0 spiro atoms. The highest BCUT2D eigenvalue weighted by atomic mass is 15.0. The Hall–Kier alpha value is -6.26. The van der Waals surface area contributed by atoms with E-state index in [1.165, 1.54) is 22.3 Å². The first-order valence-electron chi connectivity index (χ1n) is 18.3. The van der Waals surface area contributed by atoms with Gasteiger partial charge in [0, 0.05) is 33.8 Å². The largest absolute Gasteiger partial charge is 0.256 e. The quantitative estimate of drug-likeness (QED) is 0.175. The van der Waals surface area contributed by atoms with E-state index in [1.807, 2.05) is 42.6 Å². The van der Waals surface area contributed by atoms with Crippen LogP contribution in [0.3, 0.4) is 0 Å². The number of para-hydroxylation sites is 1. The lowest BCUT2D eigenvalue weighted by Gasteiger charge is -2.22. The molecule has 1 aliphatic rings. The van der Waals surface area contributed by atoms with Gasteiger partial charge in [-0.3, -0.25) is 4.98 Å². The van der Waals surface area contributed by atoms with Gasteiger partial charge in [-0.05, 0) is 74.4 Å². The van der Waals surface area contributed by atoms with Crippen LogP contribution in [0.4, 0.5) is 0 Å². The lowest BCUT2D eigenvalue weighted by Crippen LogP contribution is -2.17. The molecule has 9 rings (SSSR count). The fourth-order valence-electron chi connectivity index (χ4n) is 8.37. The first kappa shape index (κ1) is 32.6. The molecule has 8 aromatic rings. The monoisotopic (exact) mass is 684 g/mol. The van der Waals surface area contributed by atoms with Crippen LogP contribution in [0.2, 0.25) is 0 Å². The highest BCUT2D eigenvalue weighted by molar-refractivity contribution is 5.93. The maximum absolute atomic E-state index is 5.08. The summed E-state index contributed by atoms with van der Waals surface area (Å²) in [5, 5.41) is 1.12. The van der Waals surface area contributed by atoms with Crippen molar-refractivity contribution in [2.45, 2.75) is 44.9 Å². The van der Waals surface area contributed by atoms with Gasteiger partial charge < -0.3 is 0 Å². The fraction of sp³-hybridized carbons (Fsp3) is 0.143. The van der Waals surface area contributed by atoms with Gasteiger partial charge in [0.2, 0.25) is 0 Å². The van der Waals surface area contributed by atoms with Gasteiger partial charge in [-0.25, -0.2) is 15.0 Å². The number of rotatable bonds is 6. The second-order valence-electron chi connectivity index (χ2n) is 15.5. The Kier molecular flexibility index (Phi) is 7.85. The first-order valence-corrected chi connectivity index (χ1v) is 18.3. The molecule has 0 unspecified atom stereocenters. The standard InChI is InChI=1S/C49H40N4/c1-48(2)31-49(3,4)43-30-39(25-26-42(43)48)37-16-8-15-36(28-37)38-17-9-18-40(29-38)47-52-45(34-12-6-5-7-13-34)51-46(53-47)35-23-21-32(22-24-35)41-20-10-14-33-19-11-27-50-44(33)41/h5-30H,31H2,1-4H3. The van der Waals surface area contributed by atoms with Crippen LogP contribution in [-0.2, 0) is 10.8 Å². The van der Waals surface area contributed by atoms with Gasteiger partial charge in [0.25, 0.3) is 0 Å². The summed E-state index contributed by atoms with van der Waals surface area (Å²) in [6, 6.07) is 53.4. The van der Waals surface area contributed by atoms with Crippen LogP contribution in [0, 0.1) is 0 Å². The maximum Gasteiger partial charge on any atom is 0.164 e. The van der Waals surface area contributed by atoms with Gasteiger partial charge in [-0.15, -0.1) is 0 Å². The van der Waals surface area contributed by atoms with E-state index < -0.39 is 0 Å². The van der Waals surface area contributed by atoms with Crippen LogP contribution in [-0.4, -0.2) is 19.9 Å². The van der Waals surface area contributed by atoms with Crippen LogP contribution in [0.25, 0.3) is 78.4 Å². The van der Waals surface area contributed by atoms with E-state index in [1.54, 1.807) is 0 Å². The molecule has 0 bridgehead atoms. The van der Waals surface area contributed by atoms with Crippen molar-refractivity contribution in [1.82, 2.24) is 19.9 Å². The first-order chi connectivity index (χ1) is 25.7. The minimum atomic E-state index is 0.152. The zero-order valence-electron chi connectivity index (χ0n) is 30.5. The Labute approximate surface area is 311 Å². The maximum atomic E-state index is 5.08. The van der Waals surface area contributed by atoms with Crippen molar-refractivity contribution in [1.29, 1.82) is 0 Å². The van der Waals surface area contributed by atoms with Gasteiger partial charge in [0.05, 0.1) is 5.52 Å². The van der Waals surface area contributed by atoms with Crippen LogP contribution < -0.4 is 0 Å². The molecule has 0 aliphatic heterocycles. The average molecular weight is 685 g/mol. The summed E-state index contributed by atoms with van der Waals surface area (Å²) < 4.78 is 0. The molecule has 0 fully saturated rings. The van der Waals surface area contributed by atoms with Crippen molar-refractivity contribution in [2.24, 2.45) is 0 Å². The zero-order chi connectivity index (χ0) is 36.2. The fourth-order valence-corrected chi connectivity index (χ4v) is 8.37. The van der Waals surface area contributed by atoms with E-state index in [2.05, 4.69) is 148 Å². The normalized spacial score (nSPS) is 14.3. The topological polar surface area (TPSA) is 51.6 Å². The van der Waals surface area contributed by atoms with Gasteiger partial charge in [-0.1, -0.05) is 161 Å². The third-order valence-corrected chi connectivity index (χ3v) is 10.8. The highest BCUT2D eigenvalue weighted by Crippen LogP contribution is 2.50. The van der Waals surface area contributed by atoms with E-state index in [-0.39, 0.29) is 10.8 Å². The summed E-state index contributed by atoms with van der Waals surface area (Å²) in [6.07, 6.45) is 3.00. The number of nitrogens with zero attached hydrogens (tertiary/aromatic N) is 4. The van der Waals surface area contributed by atoms with Gasteiger partial charge in [0.15, 0.2) is 17.5 Å². The van der Waals surface area contributed by atoms with Gasteiger partial charge in [-0.2, -0.15) is 0 Å². The van der Waals surface area contributed by atoms with Crippen molar-refractivity contribution in [3.05, 3.63) is 169 Å². The molecule has 4 heteroatoms. The van der Waals surface area contributed by atoms with Crippen LogP contribution in [0.1, 0.15) is 45.2 Å². The van der Waals surface area contributed by atoms with Gasteiger partial charge >= 0.3 is 0 Å². The Balaban J connectivity index is 1.09. The van der Waals surface area contributed by atoms with E-state index in [9.17, 15) is 0 Å². The molecule has 4 nitrogen and oxygen atoms in total. The Morgan fingerprint density at radius 3 is 1.58 bits per heavy atom. The molecule has 0 amide bonds. The second kappa shape index (κ2) is 12.8. The number of fused-ring (bicyclic) bond motifs is 2. The molecular formula is C49H40N4. The number of pyridine rings is 1. The van der Waals surface area contributed by atoms with Gasteiger partial charge in [0.1, 0.15) is 0 Å². The summed E-state index contributed by atoms with van der Waals surface area (Å²) in [4.78, 5) is 19.8. The third kappa shape index (κ3) is 6.10. The second-order valence-corrected chi connectivity index (χ2v) is 15.5. The Morgan fingerprint density at radius 1 is 0.396 bits per heavy atom. The molecule has 0 atom stereocenters. The number of benzene rings is 6. The van der Waals surface area contributed by atoms with E-state index in [4.69, 9.17) is 15.0 Å². The molecule has 2 heterocycles. The van der Waals surface area contributed by atoms with E-state index in [0.29, 0.717) is 17.5 Å². The predicted octanol–water partition coefficient (Wildman–Crippen LogP) is 12.4. The average Bonchev–Trinajstić information content (AvgIpc) is 3.39. The number of aromatic nitrogens is 4. The van der Waals surface area contributed by atoms with Crippen molar-refractivity contribution < 1.29 is 0 Å². The summed E-state index contributed by atoms with van der Waals surface area (Å²) in [6.45, 7) is 9.49. The Bertz CT molecular complexity index is 2630. The van der Waals surface area contributed by atoms with E-state index in [0.717, 1.165) is 56.3 Å². The molecule has 0 saturated heterocycles. The molecule has 1 aliphatic carbocycles. The lowest BCUT2D eigenvalue weighted by atomic mass is 9.82. The molecule has 53 heavy (non-hydrogen) atoms. The molecule has 0 saturated carbocycles. The smallest absolute Gasteiger partial charge is 0.164 e. The van der Waals surface area contributed by atoms with Crippen molar-refractivity contribution in [3.63, 3.8) is 0 Å². The van der Waals surface area contributed by atoms with E-state index >= 15 is 0 Å². The molecule has 0 radical (unpaired) electrons. The molecule has 6 aromatic carbocycles. The summed E-state index contributed by atoms with van der Waals surface area (Å²) in [7, 11) is 0. The summed E-state index contributed by atoms with van der Waals surface area (Å²) >= 11 is 0. The molecule has 2 aromatic heterocycles. The van der Waals surface area contributed by atoms with Crippen LogP contribution in [0.5, 0.6) is 0 Å². The molecule has 256 valence electrons. The number of hydrogen-bond donors (Lipinski definition) is 0. The molecular weight excluding hydrogens is 645 g/mol. The predicted molar refractivity (Wildman–Crippen MR) is 218 cm³/mol. The zero-order valence-corrected chi connectivity index (χ0v) is 30.5. The minimum Gasteiger partial charge on any atom is -0.256 e. The number of hydrogen-bond acceptors (Lipinski definition) is 4. The summed E-state index contributed by atoms with van der Waals surface area (Å²) in [5.74, 6) is 1.91. The summed E-state index contributed by atoms with van der Waals surface area (Å²) in [5.41, 5.74) is 14.0. The molecule has 0 N–H and O–H groups in total. The van der Waals surface area contributed by atoms with Crippen LogP contribution in [0.15, 0.2) is 158 Å². The lowest BCUT2D eigenvalue weighted by molar-refractivity contribution is 0.403. The minimum absolute atomic E-state index is 0.152.